The number of imide groups is 1. The highest BCUT2D eigenvalue weighted by Crippen LogP contribution is 2.29. The molecule has 0 radical (unpaired) electrons. The highest BCUT2D eigenvalue weighted by atomic mass is 19.4. The largest absolute Gasteiger partial charge is 0.490 e. The van der Waals surface area contributed by atoms with Gasteiger partial charge in [0.25, 0.3) is 11.8 Å². The van der Waals surface area contributed by atoms with Crippen LogP contribution < -0.4 is 16.4 Å². The molecule has 12 nitrogen and oxygen atoms in total. The van der Waals surface area contributed by atoms with Crippen LogP contribution in [0.25, 0.3) is 5.57 Å². The van der Waals surface area contributed by atoms with Crippen molar-refractivity contribution in [1.82, 2.24) is 25.7 Å². The average Bonchev–Trinajstić information content (AvgIpc) is 3.24. The fraction of sp³-hybridized carbons (Fsp3) is 0.346. The van der Waals surface area contributed by atoms with Gasteiger partial charge in [0.05, 0.1) is 5.69 Å². The molecule has 5 rings (SSSR count). The van der Waals surface area contributed by atoms with Crippen LogP contribution in [0.1, 0.15) is 62.5 Å². The summed E-state index contributed by atoms with van der Waals surface area (Å²) in [6.45, 7) is 1.89. The summed E-state index contributed by atoms with van der Waals surface area (Å²) in [5.74, 6) is -4.38. The van der Waals surface area contributed by atoms with Gasteiger partial charge in [0.1, 0.15) is 6.04 Å². The van der Waals surface area contributed by atoms with Gasteiger partial charge in [-0.05, 0) is 60.2 Å². The lowest BCUT2D eigenvalue weighted by molar-refractivity contribution is -0.192. The Morgan fingerprint density at radius 2 is 1.85 bits per heavy atom. The number of hydrogen-bond acceptors (Lipinski definition) is 8. The zero-order valence-electron chi connectivity index (χ0n) is 21.5. The number of aliphatic carboxylic acids is 1. The third-order valence-electron chi connectivity index (χ3n) is 6.72. The van der Waals surface area contributed by atoms with Crippen molar-refractivity contribution in [2.24, 2.45) is 5.73 Å². The molecule has 1 unspecified atom stereocenters. The lowest BCUT2D eigenvalue weighted by Gasteiger charge is -2.29. The standard InChI is InChI=1S/C24H24N6O4.C2HF3O2/c25-22(32)21-15(11-18(28-29-21)14-5-7-26-8-6-14)9-13-1-2-17-16(10-13)12-30(24(17)34)19-3-4-20(31)27-23(19)33;3-2(4,5)1(6)7/h1-2,5,10-11,19,26H,3-4,6-9,12H2,(H2,25,32)(H,27,31,33);(H,6,7). The van der Waals surface area contributed by atoms with E-state index in [4.69, 9.17) is 15.6 Å². The van der Waals surface area contributed by atoms with Crippen LogP contribution in [0.15, 0.2) is 30.3 Å². The summed E-state index contributed by atoms with van der Waals surface area (Å²) in [5.41, 5.74) is 10.4. The number of rotatable bonds is 5. The van der Waals surface area contributed by atoms with E-state index in [2.05, 4.69) is 26.9 Å². The third kappa shape index (κ3) is 6.74. The van der Waals surface area contributed by atoms with E-state index in [1.807, 2.05) is 18.2 Å². The Kier molecular flexibility index (Phi) is 8.47. The summed E-state index contributed by atoms with van der Waals surface area (Å²) in [6.07, 6.45) is -1.28. The van der Waals surface area contributed by atoms with Gasteiger partial charge >= 0.3 is 12.1 Å². The second-order valence-corrected chi connectivity index (χ2v) is 9.52. The first-order chi connectivity index (χ1) is 19.3. The highest BCUT2D eigenvalue weighted by molar-refractivity contribution is 6.05. The van der Waals surface area contributed by atoms with Crippen molar-refractivity contribution in [3.63, 3.8) is 0 Å². The maximum Gasteiger partial charge on any atom is 0.490 e. The number of amides is 4. The van der Waals surface area contributed by atoms with Gasteiger partial charge < -0.3 is 21.1 Å². The van der Waals surface area contributed by atoms with Crippen LogP contribution >= 0.6 is 0 Å². The smallest absolute Gasteiger partial charge is 0.475 e. The van der Waals surface area contributed by atoms with E-state index in [9.17, 15) is 32.3 Å². The predicted molar refractivity (Wildman–Crippen MR) is 135 cm³/mol. The number of halogens is 3. The molecule has 3 aliphatic heterocycles. The third-order valence-corrected chi connectivity index (χ3v) is 6.72. The monoisotopic (exact) mass is 574 g/mol. The Bertz CT molecular complexity index is 1460. The van der Waals surface area contributed by atoms with E-state index in [1.165, 1.54) is 4.90 Å². The quantitative estimate of drug-likeness (QED) is 0.377. The molecule has 2 aromatic rings. The molecule has 5 N–H and O–H groups in total. The molecule has 1 atom stereocenters. The van der Waals surface area contributed by atoms with Crippen LogP contribution in [0.2, 0.25) is 0 Å². The Labute approximate surface area is 230 Å². The van der Waals surface area contributed by atoms with E-state index >= 15 is 0 Å². The molecule has 3 aliphatic rings. The molecule has 15 heteroatoms. The first-order valence-corrected chi connectivity index (χ1v) is 12.5. The van der Waals surface area contributed by atoms with Crippen LogP contribution in [-0.4, -0.2) is 75.1 Å². The van der Waals surface area contributed by atoms with Gasteiger partial charge in [-0.15, -0.1) is 5.10 Å². The van der Waals surface area contributed by atoms with Crippen LogP contribution in [0, 0.1) is 0 Å². The summed E-state index contributed by atoms with van der Waals surface area (Å²) >= 11 is 0. The number of benzene rings is 1. The molecule has 1 aromatic heterocycles. The maximum atomic E-state index is 12.9. The van der Waals surface area contributed by atoms with Crippen molar-refractivity contribution < 1.29 is 42.3 Å². The number of fused-ring (bicyclic) bond motifs is 1. The average molecular weight is 575 g/mol. The minimum absolute atomic E-state index is 0.125. The van der Waals surface area contributed by atoms with Crippen molar-refractivity contribution >= 4 is 35.2 Å². The van der Waals surface area contributed by atoms with Gasteiger partial charge in [0.2, 0.25) is 11.8 Å². The van der Waals surface area contributed by atoms with Crippen LogP contribution in [0.4, 0.5) is 13.2 Å². The van der Waals surface area contributed by atoms with Gasteiger partial charge in [-0.1, -0.05) is 18.2 Å². The number of carboxylic acid groups (broad SMARTS) is 1. The molecular formula is C26H25F3N6O6. The SMILES string of the molecule is NC(=O)c1nnc(C2=CCNCC2)cc1Cc1ccc2c(c1)CN(C1CCC(=O)NC1=O)C2=O.O=C(O)C(F)(F)F. The highest BCUT2D eigenvalue weighted by Gasteiger charge is 2.39. The number of carbonyl (C=O) groups is 5. The van der Waals surface area contributed by atoms with Gasteiger partial charge in [-0.3, -0.25) is 24.5 Å². The first kappa shape index (κ1) is 29.3. The number of alkyl halides is 3. The van der Waals surface area contributed by atoms with E-state index in [0.717, 1.165) is 41.9 Å². The lowest BCUT2D eigenvalue weighted by atomic mass is 9.97. The molecule has 4 amide bonds. The molecule has 1 aromatic carbocycles. The van der Waals surface area contributed by atoms with Gasteiger partial charge in [0, 0.05) is 25.1 Å². The van der Waals surface area contributed by atoms with Crippen molar-refractivity contribution in [3.8, 4) is 0 Å². The number of nitrogens with zero attached hydrogens (tertiary/aromatic N) is 3. The van der Waals surface area contributed by atoms with Gasteiger partial charge in [-0.2, -0.15) is 18.3 Å². The van der Waals surface area contributed by atoms with Crippen LogP contribution in [0.3, 0.4) is 0 Å². The number of aromatic nitrogens is 2. The Morgan fingerprint density at radius 1 is 1.12 bits per heavy atom. The zero-order valence-corrected chi connectivity index (χ0v) is 21.5. The topological polar surface area (TPSA) is 185 Å². The number of nitrogens with one attached hydrogen (secondary N) is 2. The molecule has 1 saturated heterocycles. The van der Waals surface area contributed by atoms with E-state index in [-0.39, 0.29) is 30.5 Å². The fourth-order valence-electron chi connectivity index (χ4n) is 4.74. The normalized spacial score (nSPS) is 18.6. The minimum atomic E-state index is -5.08. The summed E-state index contributed by atoms with van der Waals surface area (Å²) in [6, 6.07) is 6.69. The van der Waals surface area contributed by atoms with Crippen molar-refractivity contribution in [1.29, 1.82) is 0 Å². The minimum Gasteiger partial charge on any atom is -0.475 e. The summed E-state index contributed by atoms with van der Waals surface area (Å²) in [5, 5.41) is 21.0. The van der Waals surface area contributed by atoms with Crippen LogP contribution in [0.5, 0.6) is 0 Å². The number of carbonyl (C=O) groups excluding carboxylic acids is 4. The van der Waals surface area contributed by atoms with Crippen molar-refractivity contribution in [2.75, 3.05) is 13.1 Å². The lowest BCUT2D eigenvalue weighted by Crippen LogP contribution is -2.52. The second kappa shape index (κ2) is 11.8. The van der Waals surface area contributed by atoms with Gasteiger partial charge in [0.15, 0.2) is 5.69 Å². The molecule has 216 valence electrons. The molecule has 0 aliphatic carbocycles. The Balaban J connectivity index is 0.000000493. The molecule has 41 heavy (non-hydrogen) atoms. The number of piperidine rings is 1. The summed E-state index contributed by atoms with van der Waals surface area (Å²) in [7, 11) is 0. The first-order valence-electron chi connectivity index (χ1n) is 12.5. The Morgan fingerprint density at radius 3 is 2.46 bits per heavy atom. The van der Waals surface area contributed by atoms with Crippen molar-refractivity contribution in [2.45, 2.75) is 44.4 Å². The number of carboxylic acids is 1. The number of nitrogens with two attached hydrogens (primary N) is 1. The fourth-order valence-corrected chi connectivity index (χ4v) is 4.74. The molecule has 0 spiro atoms. The number of primary amides is 1. The molecular weight excluding hydrogens is 549 g/mol. The van der Waals surface area contributed by atoms with Gasteiger partial charge in [-0.25, -0.2) is 4.79 Å². The zero-order chi connectivity index (χ0) is 29.9. The van der Waals surface area contributed by atoms with Crippen LogP contribution in [-0.2, 0) is 27.3 Å². The molecule has 0 bridgehead atoms. The molecule has 4 heterocycles. The van der Waals surface area contributed by atoms with E-state index in [0.29, 0.717) is 24.0 Å². The van der Waals surface area contributed by atoms with E-state index < -0.39 is 30.0 Å². The summed E-state index contributed by atoms with van der Waals surface area (Å²) < 4.78 is 31.7. The second-order valence-electron chi connectivity index (χ2n) is 9.52. The van der Waals surface area contributed by atoms with Crippen molar-refractivity contribution in [3.05, 3.63) is 64.0 Å². The van der Waals surface area contributed by atoms with E-state index in [1.54, 1.807) is 6.07 Å². The predicted octanol–water partition coefficient (Wildman–Crippen LogP) is 0.937. The molecule has 1 fully saturated rings. The number of hydrogen-bond donors (Lipinski definition) is 4. The molecule has 0 saturated carbocycles. The Hall–Kier alpha value is -4.66. The maximum absolute atomic E-state index is 12.9. The summed E-state index contributed by atoms with van der Waals surface area (Å²) in [4.78, 5) is 59.1.